The van der Waals surface area contributed by atoms with Crippen LogP contribution < -0.4 is 4.74 Å². The topological polar surface area (TPSA) is 55.8 Å². The van der Waals surface area contributed by atoms with E-state index >= 15 is 0 Å². The largest absolute Gasteiger partial charge is 0.508 e. The minimum Gasteiger partial charge on any atom is -0.508 e. The third-order valence-electron chi connectivity index (χ3n) is 4.24. The first-order valence-electron chi connectivity index (χ1n) is 9.47. The quantitative estimate of drug-likeness (QED) is 0.507. The molecular weight excluding hydrogens is 384 g/mol. The Morgan fingerprint density at radius 2 is 1.76 bits per heavy atom. The molecule has 0 aliphatic rings. The maximum Gasteiger partial charge on any atom is 0.344 e. The van der Waals surface area contributed by atoms with E-state index in [0.29, 0.717) is 12.4 Å². The Morgan fingerprint density at radius 3 is 2.48 bits per heavy atom. The highest BCUT2D eigenvalue weighted by Gasteiger charge is 2.08. The van der Waals surface area contributed by atoms with Gasteiger partial charge in [0.15, 0.2) is 6.61 Å². The number of carbonyl (C=O) groups excluding carboxylic acids is 1. The SMILES string of the molecule is CCOC(=O)COc1ccc(Sc2cc(O)cc(Cc3ccccc3)c2)cc1C. The summed E-state index contributed by atoms with van der Waals surface area (Å²) in [6.45, 7) is 3.94. The monoisotopic (exact) mass is 408 g/mol. The van der Waals surface area contributed by atoms with Crippen LogP contribution in [0.5, 0.6) is 11.5 Å². The van der Waals surface area contributed by atoms with Gasteiger partial charge in [-0.05, 0) is 73.4 Å². The van der Waals surface area contributed by atoms with Gasteiger partial charge in [0, 0.05) is 9.79 Å². The fourth-order valence-electron chi connectivity index (χ4n) is 2.96. The number of aromatic hydroxyl groups is 1. The Bertz CT molecular complexity index is 970. The van der Waals surface area contributed by atoms with E-state index in [1.165, 1.54) is 5.56 Å². The Balaban J connectivity index is 1.69. The van der Waals surface area contributed by atoms with E-state index in [4.69, 9.17) is 9.47 Å². The first-order valence-corrected chi connectivity index (χ1v) is 10.3. The van der Waals surface area contributed by atoms with Crippen molar-refractivity contribution in [1.29, 1.82) is 0 Å². The number of ether oxygens (including phenoxy) is 2. The predicted octanol–water partition coefficient (Wildman–Crippen LogP) is 5.38. The molecule has 0 unspecified atom stereocenters. The van der Waals surface area contributed by atoms with Gasteiger partial charge in [-0.25, -0.2) is 4.79 Å². The van der Waals surface area contributed by atoms with Crippen LogP contribution in [0, 0.1) is 6.92 Å². The third kappa shape index (κ3) is 6.29. The van der Waals surface area contributed by atoms with Gasteiger partial charge in [0.05, 0.1) is 6.61 Å². The van der Waals surface area contributed by atoms with Crippen molar-refractivity contribution in [3.05, 3.63) is 83.4 Å². The molecule has 3 rings (SSSR count). The second-order valence-corrected chi connectivity index (χ2v) is 7.77. The normalized spacial score (nSPS) is 10.6. The molecule has 3 aromatic rings. The summed E-state index contributed by atoms with van der Waals surface area (Å²) in [6.07, 6.45) is 0.766. The van der Waals surface area contributed by atoms with Crippen LogP contribution in [0.1, 0.15) is 23.6 Å². The summed E-state index contributed by atoms with van der Waals surface area (Å²) in [4.78, 5) is 13.5. The summed E-state index contributed by atoms with van der Waals surface area (Å²) in [5.41, 5.74) is 3.20. The lowest BCUT2D eigenvalue weighted by Crippen LogP contribution is -2.14. The molecule has 0 heterocycles. The average Bonchev–Trinajstić information content (AvgIpc) is 2.68. The number of aryl methyl sites for hydroxylation is 1. The van der Waals surface area contributed by atoms with E-state index in [1.54, 1.807) is 30.8 Å². The van der Waals surface area contributed by atoms with Crippen molar-refractivity contribution in [2.45, 2.75) is 30.1 Å². The van der Waals surface area contributed by atoms with E-state index < -0.39 is 0 Å². The van der Waals surface area contributed by atoms with Crippen molar-refractivity contribution in [2.24, 2.45) is 0 Å². The number of carbonyl (C=O) groups is 1. The van der Waals surface area contributed by atoms with Crippen LogP contribution in [-0.4, -0.2) is 24.3 Å². The lowest BCUT2D eigenvalue weighted by molar-refractivity contribution is -0.145. The molecule has 0 aliphatic heterocycles. The first-order chi connectivity index (χ1) is 14.0. The summed E-state index contributed by atoms with van der Waals surface area (Å²) in [6, 6.07) is 21.6. The lowest BCUT2D eigenvalue weighted by Gasteiger charge is -2.11. The van der Waals surface area contributed by atoms with Gasteiger partial charge in [-0.3, -0.25) is 0 Å². The Kier molecular flexibility index (Phi) is 7.19. The minimum absolute atomic E-state index is 0.101. The lowest BCUT2D eigenvalue weighted by atomic mass is 10.1. The molecule has 0 bridgehead atoms. The van der Waals surface area contributed by atoms with Crippen LogP contribution >= 0.6 is 11.8 Å². The zero-order valence-corrected chi connectivity index (χ0v) is 17.4. The van der Waals surface area contributed by atoms with Gasteiger partial charge in [0.1, 0.15) is 11.5 Å². The van der Waals surface area contributed by atoms with Crippen molar-refractivity contribution in [2.75, 3.05) is 13.2 Å². The summed E-state index contributed by atoms with van der Waals surface area (Å²) in [5, 5.41) is 10.1. The summed E-state index contributed by atoms with van der Waals surface area (Å²) >= 11 is 1.57. The Labute approximate surface area is 175 Å². The molecule has 0 saturated carbocycles. The second kappa shape index (κ2) is 10.0. The van der Waals surface area contributed by atoms with Gasteiger partial charge in [0.2, 0.25) is 0 Å². The number of phenolic OH excluding ortho intramolecular Hbond substituents is 1. The fourth-order valence-corrected chi connectivity index (χ4v) is 3.99. The van der Waals surface area contributed by atoms with Crippen molar-refractivity contribution in [3.8, 4) is 11.5 Å². The molecule has 0 aliphatic carbocycles. The highest BCUT2D eigenvalue weighted by molar-refractivity contribution is 7.99. The van der Waals surface area contributed by atoms with Crippen LogP contribution in [0.4, 0.5) is 0 Å². The molecule has 29 heavy (non-hydrogen) atoms. The van der Waals surface area contributed by atoms with Gasteiger partial charge in [-0.15, -0.1) is 0 Å². The maximum atomic E-state index is 11.5. The number of benzene rings is 3. The van der Waals surface area contributed by atoms with Crippen molar-refractivity contribution in [3.63, 3.8) is 0 Å². The van der Waals surface area contributed by atoms with Gasteiger partial charge < -0.3 is 14.6 Å². The van der Waals surface area contributed by atoms with E-state index in [-0.39, 0.29) is 18.3 Å². The molecule has 0 spiro atoms. The molecule has 3 aromatic carbocycles. The molecule has 0 fully saturated rings. The fraction of sp³-hybridized carbons (Fsp3) is 0.208. The standard InChI is InChI=1S/C24H24O4S/c1-3-27-24(26)16-28-23-10-9-21(11-17(23)2)29-22-14-19(13-20(25)15-22)12-18-7-5-4-6-8-18/h4-11,13-15,25H,3,12,16H2,1-2H3. The van der Waals surface area contributed by atoms with Crippen molar-refractivity contribution >= 4 is 17.7 Å². The smallest absolute Gasteiger partial charge is 0.344 e. The first kappa shape index (κ1) is 20.8. The van der Waals surface area contributed by atoms with Crippen LogP contribution in [0.3, 0.4) is 0 Å². The number of phenols is 1. The average molecular weight is 409 g/mol. The number of hydrogen-bond donors (Lipinski definition) is 1. The molecule has 4 nitrogen and oxygen atoms in total. The Morgan fingerprint density at radius 1 is 0.966 bits per heavy atom. The third-order valence-corrected chi connectivity index (χ3v) is 5.20. The second-order valence-electron chi connectivity index (χ2n) is 6.62. The molecule has 0 atom stereocenters. The van der Waals surface area contributed by atoms with E-state index in [0.717, 1.165) is 27.3 Å². The van der Waals surface area contributed by atoms with Gasteiger partial charge >= 0.3 is 5.97 Å². The molecule has 0 aromatic heterocycles. The highest BCUT2D eigenvalue weighted by atomic mass is 32.2. The van der Waals surface area contributed by atoms with Crippen LogP contribution in [0.2, 0.25) is 0 Å². The van der Waals surface area contributed by atoms with Crippen LogP contribution in [0.25, 0.3) is 0 Å². The molecule has 0 radical (unpaired) electrons. The summed E-state index contributed by atoms with van der Waals surface area (Å²) < 4.78 is 10.4. The molecule has 5 heteroatoms. The predicted molar refractivity (Wildman–Crippen MR) is 115 cm³/mol. The van der Waals surface area contributed by atoms with Gasteiger partial charge in [0.25, 0.3) is 0 Å². The zero-order chi connectivity index (χ0) is 20.6. The molecule has 1 N–H and O–H groups in total. The molecule has 0 saturated heterocycles. The van der Waals surface area contributed by atoms with E-state index in [1.807, 2.05) is 43.3 Å². The minimum atomic E-state index is -0.379. The van der Waals surface area contributed by atoms with Crippen molar-refractivity contribution in [1.82, 2.24) is 0 Å². The molecular formula is C24H24O4S. The number of rotatable bonds is 8. The Hall–Kier alpha value is -2.92. The van der Waals surface area contributed by atoms with Gasteiger partial charge in [-0.1, -0.05) is 42.1 Å². The van der Waals surface area contributed by atoms with E-state index in [9.17, 15) is 9.90 Å². The van der Waals surface area contributed by atoms with Gasteiger partial charge in [-0.2, -0.15) is 0 Å². The molecule has 150 valence electrons. The van der Waals surface area contributed by atoms with Crippen molar-refractivity contribution < 1.29 is 19.4 Å². The summed E-state index contributed by atoms with van der Waals surface area (Å²) in [5.74, 6) is 0.533. The van der Waals surface area contributed by atoms with E-state index in [2.05, 4.69) is 18.2 Å². The highest BCUT2D eigenvalue weighted by Crippen LogP contribution is 2.34. The maximum absolute atomic E-state index is 11.5. The van der Waals surface area contributed by atoms with Crippen LogP contribution in [-0.2, 0) is 16.0 Å². The summed E-state index contributed by atoms with van der Waals surface area (Å²) in [7, 11) is 0. The zero-order valence-electron chi connectivity index (χ0n) is 16.6. The number of hydrogen-bond acceptors (Lipinski definition) is 5. The van der Waals surface area contributed by atoms with Crippen LogP contribution in [0.15, 0.2) is 76.5 Å². The number of esters is 1. The molecule has 0 amide bonds.